The zero-order chi connectivity index (χ0) is 14.4. The fraction of sp³-hybridized carbons (Fsp3) is 0.188. The quantitative estimate of drug-likeness (QED) is 0.396. The number of halogens is 2. The molecule has 0 fully saturated rings. The Morgan fingerprint density at radius 1 is 1.05 bits per heavy atom. The summed E-state index contributed by atoms with van der Waals surface area (Å²) in [5.74, 6) is 0.797. The van der Waals surface area contributed by atoms with Crippen LogP contribution in [-0.4, -0.2) is 11.5 Å². The Bertz CT molecular complexity index is 566. The highest BCUT2D eigenvalue weighted by molar-refractivity contribution is 9.10. The van der Waals surface area contributed by atoms with Gasteiger partial charge >= 0.3 is 0 Å². The van der Waals surface area contributed by atoms with Gasteiger partial charge in [-0.1, -0.05) is 28.1 Å². The summed E-state index contributed by atoms with van der Waals surface area (Å²) < 4.78 is 13.7. The maximum Gasteiger partial charge on any atom is 0.162 e. The van der Waals surface area contributed by atoms with Gasteiger partial charge in [-0.15, -0.1) is 11.8 Å². The van der Waals surface area contributed by atoms with Crippen LogP contribution in [0.3, 0.4) is 0 Å². The molecule has 0 aromatic heterocycles. The molecule has 0 aliphatic rings. The molecule has 1 nitrogen and oxygen atoms in total. The Morgan fingerprint density at radius 2 is 1.70 bits per heavy atom. The zero-order valence-electron chi connectivity index (χ0n) is 10.8. The average molecular weight is 353 g/mol. The van der Waals surface area contributed by atoms with E-state index in [1.165, 1.54) is 12.1 Å². The van der Waals surface area contributed by atoms with Crippen LogP contribution in [0.2, 0.25) is 0 Å². The summed E-state index contributed by atoms with van der Waals surface area (Å²) in [6.45, 7) is 0. The Balaban J connectivity index is 1.74. The molecule has 0 radical (unpaired) electrons. The molecule has 2 aromatic rings. The molecule has 0 saturated heterocycles. The lowest BCUT2D eigenvalue weighted by Gasteiger charge is -2.02. The van der Waals surface area contributed by atoms with Crippen molar-refractivity contribution in [1.29, 1.82) is 0 Å². The van der Waals surface area contributed by atoms with Crippen molar-refractivity contribution >= 4 is 33.5 Å². The molecular weight excluding hydrogens is 339 g/mol. The van der Waals surface area contributed by atoms with E-state index in [4.69, 9.17) is 0 Å². The van der Waals surface area contributed by atoms with Gasteiger partial charge in [0.15, 0.2) is 5.78 Å². The first kappa shape index (κ1) is 15.3. The number of thioether (sulfide) groups is 1. The van der Waals surface area contributed by atoms with E-state index in [0.717, 1.165) is 27.1 Å². The van der Waals surface area contributed by atoms with Gasteiger partial charge < -0.3 is 0 Å². The number of Topliss-reactive ketones (excluding diaryl/α,β-unsaturated/α-hetero) is 1. The van der Waals surface area contributed by atoms with E-state index < -0.39 is 0 Å². The summed E-state index contributed by atoms with van der Waals surface area (Å²) in [6, 6.07) is 13.8. The minimum Gasteiger partial charge on any atom is -0.294 e. The smallest absolute Gasteiger partial charge is 0.162 e. The molecule has 0 heterocycles. The highest BCUT2D eigenvalue weighted by Gasteiger charge is 2.05. The van der Waals surface area contributed by atoms with Crippen LogP contribution >= 0.6 is 27.7 Å². The zero-order valence-corrected chi connectivity index (χ0v) is 13.2. The number of carbonyl (C=O) groups is 1. The normalized spacial score (nSPS) is 10.5. The molecule has 4 heteroatoms. The summed E-state index contributed by atoms with van der Waals surface area (Å²) >= 11 is 4.99. The second-order valence-electron chi connectivity index (χ2n) is 4.34. The van der Waals surface area contributed by atoms with Gasteiger partial charge in [-0.2, -0.15) is 0 Å². The van der Waals surface area contributed by atoms with Gasteiger partial charge in [-0.25, -0.2) is 4.39 Å². The molecule has 0 N–H and O–H groups in total. The van der Waals surface area contributed by atoms with Gasteiger partial charge in [0.25, 0.3) is 0 Å². The standard InChI is InChI=1S/C16H14BrFOS/c17-13-5-3-12(4-6-13)16(19)2-1-11-20-15-9-7-14(18)8-10-15/h3-10H,1-2,11H2. The fourth-order valence-electron chi connectivity index (χ4n) is 1.73. The molecule has 0 amide bonds. The molecule has 0 aliphatic heterocycles. The lowest BCUT2D eigenvalue weighted by molar-refractivity contribution is 0.0982. The van der Waals surface area contributed by atoms with E-state index >= 15 is 0 Å². The van der Waals surface area contributed by atoms with Crippen molar-refractivity contribution in [2.24, 2.45) is 0 Å². The predicted molar refractivity (Wildman–Crippen MR) is 84.8 cm³/mol. The summed E-state index contributed by atoms with van der Waals surface area (Å²) in [4.78, 5) is 13.0. The summed E-state index contributed by atoms with van der Waals surface area (Å²) in [6.07, 6.45) is 1.35. The van der Waals surface area contributed by atoms with E-state index in [1.54, 1.807) is 23.9 Å². The second kappa shape index (κ2) is 7.60. The number of hydrogen-bond donors (Lipinski definition) is 0. The molecule has 104 valence electrons. The van der Waals surface area contributed by atoms with E-state index in [9.17, 15) is 9.18 Å². The molecule has 0 atom stereocenters. The van der Waals surface area contributed by atoms with Crippen molar-refractivity contribution in [2.75, 3.05) is 5.75 Å². The molecule has 0 bridgehead atoms. The SMILES string of the molecule is O=C(CCCSc1ccc(F)cc1)c1ccc(Br)cc1. The van der Waals surface area contributed by atoms with Gasteiger partial charge in [0.05, 0.1) is 0 Å². The van der Waals surface area contributed by atoms with Crippen LogP contribution in [0.1, 0.15) is 23.2 Å². The van der Waals surface area contributed by atoms with Gasteiger partial charge in [0.2, 0.25) is 0 Å². The third kappa shape index (κ3) is 4.76. The van der Waals surface area contributed by atoms with Crippen molar-refractivity contribution in [3.8, 4) is 0 Å². The first-order valence-electron chi connectivity index (χ1n) is 6.32. The number of benzene rings is 2. The molecule has 0 spiro atoms. The van der Waals surface area contributed by atoms with Gasteiger partial charge in [0, 0.05) is 21.4 Å². The highest BCUT2D eigenvalue weighted by Crippen LogP contribution is 2.20. The Kier molecular flexibility index (Phi) is 5.80. The molecule has 0 aliphatic carbocycles. The van der Waals surface area contributed by atoms with Crippen molar-refractivity contribution in [3.05, 3.63) is 64.4 Å². The molecule has 2 aromatic carbocycles. The molecule has 20 heavy (non-hydrogen) atoms. The van der Waals surface area contributed by atoms with E-state index in [0.29, 0.717) is 6.42 Å². The van der Waals surface area contributed by atoms with Crippen LogP contribution in [0, 0.1) is 5.82 Å². The van der Waals surface area contributed by atoms with Crippen molar-refractivity contribution in [2.45, 2.75) is 17.7 Å². The molecular formula is C16H14BrFOS. The van der Waals surface area contributed by atoms with Crippen molar-refractivity contribution in [3.63, 3.8) is 0 Å². The molecule has 0 unspecified atom stereocenters. The number of rotatable bonds is 6. The van der Waals surface area contributed by atoms with Crippen LogP contribution in [0.5, 0.6) is 0 Å². The lowest BCUT2D eigenvalue weighted by atomic mass is 10.1. The van der Waals surface area contributed by atoms with Gasteiger partial charge in [-0.05, 0) is 48.6 Å². The third-order valence-corrected chi connectivity index (χ3v) is 4.42. The number of hydrogen-bond acceptors (Lipinski definition) is 2. The minimum absolute atomic E-state index is 0.164. The first-order chi connectivity index (χ1) is 9.65. The highest BCUT2D eigenvalue weighted by atomic mass is 79.9. The molecule has 0 saturated carbocycles. The summed E-state index contributed by atoms with van der Waals surface area (Å²) in [5, 5.41) is 0. The largest absolute Gasteiger partial charge is 0.294 e. The Labute approximate surface area is 130 Å². The van der Waals surface area contributed by atoms with Crippen LogP contribution in [0.25, 0.3) is 0 Å². The maximum atomic E-state index is 12.7. The van der Waals surface area contributed by atoms with E-state index in [2.05, 4.69) is 15.9 Å². The third-order valence-electron chi connectivity index (χ3n) is 2.80. The second-order valence-corrected chi connectivity index (χ2v) is 6.42. The Morgan fingerprint density at radius 3 is 2.35 bits per heavy atom. The Hall–Kier alpha value is -1.13. The van der Waals surface area contributed by atoms with Crippen molar-refractivity contribution in [1.82, 2.24) is 0 Å². The number of carbonyl (C=O) groups excluding carboxylic acids is 1. The summed E-state index contributed by atoms with van der Waals surface area (Å²) in [5.41, 5.74) is 0.750. The van der Waals surface area contributed by atoms with Crippen LogP contribution in [0.15, 0.2) is 57.9 Å². The first-order valence-corrected chi connectivity index (χ1v) is 8.10. The number of ketones is 1. The van der Waals surface area contributed by atoms with Gasteiger partial charge in [-0.3, -0.25) is 4.79 Å². The van der Waals surface area contributed by atoms with Crippen LogP contribution in [0.4, 0.5) is 4.39 Å². The maximum absolute atomic E-state index is 12.7. The minimum atomic E-state index is -0.222. The van der Waals surface area contributed by atoms with Crippen LogP contribution < -0.4 is 0 Å². The predicted octanol–water partition coefficient (Wildman–Crippen LogP) is 5.34. The monoisotopic (exact) mass is 352 g/mol. The van der Waals surface area contributed by atoms with Crippen molar-refractivity contribution < 1.29 is 9.18 Å². The topological polar surface area (TPSA) is 17.1 Å². The lowest BCUT2D eigenvalue weighted by Crippen LogP contribution is -1.99. The molecule has 2 rings (SSSR count). The van der Waals surface area contributed by atoms with E-state index in [1.807, 2.05) is 24.3 Å². The van der Waals surface area contributed by atoms with E-state index in [-0.39, 0.29) is 11.6 Å². The van der Waals surface area contributed by atoms with Crippen LogP contribution in [-0.2, 0) is 0 Å². The van der Waals surface area contributed by atoms with Gasteiger partial charge in [0.1, 0.15) is 5.82 Å². The summed E-state index contributed by atoms with van der Waals surface area (Å²) in [7, 11) is 0. The fourth-order valence-corrected chi connectivity index (χ4v) is 2.85. The average Bonchev–Trinajstić information content (AvgIpc) is 2.46.